The highest BCUT2D eigenvalue weighted by molar-refractivity contribution is 7.66. The maximum atomic E-state index is 14.5. The third-order valence-electron chi connectivity index (χ3n) is 6.73. The van der Waals surface area contributed by atoms with Gasteiger partial charge in [-0.05, 0) is 58.3 Å². The highest BCUT2D eigenvalue weighted by atomic mass is 31.2. The SMILES string of the molecule is CC1=CCCC(P(=O)(C2CCCCC2)C2CCCCC2)CC1. The first kappa shape index (κ1) is 16.8. The molecular weight excluding hydrogens is 287 g/mol. The minimum atomic E-state index is -2.03. The zero-order chi connectivity index (χ0) is 15.4. The smallest absolute Gasteiger partial charge is 0.0965 e. The highest BCUT2D eigenvalue weighted by Gasteiger charge is 2.46. The van der Waals surface area contributed by atoms with Gasteiger partial charge < -0.3 is 4.57 Å². The minimum Gasteiger partial charge on any atom is -0.323 e. The van der Waals surface area contributed by atoms with E-state index in [1.54, 1.807) is 5.57 Å². The monoisotopic (exact) mass is 322 g/mol. The van der Waals surface area contributed by atoms with Gasteiger partial charge in [0, 0.05) is 17.0 Å². The van der Waals surface area contributed by atoms with Crippen molar-refractivity contribution in [3.05, 3.63) is 11.6 Å². The molecule has 2 saturated carbocycles. The Labute approximate surface area is 137 Å². The molecule has 0 amide bonds. The summed E-state index contributed by atoms with van der Waals surface area (Å²) in [5.41, 5.74) is 3.27. The molecule has 0 saturated heterocycles. The Morgan fingerprint density at radius 3 is 1.82 bits per heavy atom. The van der Waals surface area contributed by atoms with Crippen molar-refractivity contribution < 1.29 is 4.57 Å². The van der Waals surface area contributed by atoms with Crippen LogP contribution in [0, 0.1) is 0 Å². The summed E-state index contributed by atoms with van der Waals surface area (Å²) < 4.78 is 14.5. The van der Waals surface area contributed by atoms with Gasteiger partial charge in [-0.15, -0.1) is 0 Å². The van der Waals surface area contributed by atoms with Gasteiger partial charge in [-0.3, -0.25) is 0 Å². The van der Waals surface area contributed by atoms with E-state index in [2.05, 4.69) is 13.0 Å². The minimum absolute atomic E-state index is 0.549. The standard InChI is InChI=1S/C20H35OP/c1-17-9-8-14-20(16-15-17)22(21,18-10-4-2-5-11-18)19-12-6-3-7-13-19/h9,18-20H,2-8,10-16H2,1H3. The Morgan fingerprint density at radius 1 is 0.773 bits per heavy atom. The van der Waals surface area contributed by atoms with E-state index in [9.17, 15) is 4.57 Å². The molecule has 0 aromatic rings. The van der Waals surface area contributed by atoms with E-state index in [4.69, 9.17) is 0 Å². The summed E-state index contributed by atoms with van der Waals surface area (Å²) in [6, 6.07) is 0. The molecule has 22 heavy (non-hydrogen) atoms. The first-order valence-electron chi connectivity index (χ1n) is 9.96. The van der Waals surface area contributed by atoms with Gasteiger partial charge in [-0.2, -0.15) is 0 Å². The fourth-order valence-electron chi connectivity index (χ4n) is 5.43. The fraction of sp³-hybridized carbons (Fsp3) is 0.900. The lowest BCUT2D eigenvalue weighted by atomic mass is 9.99. The topological polar surface area (TPSA) is 17.1 Å². The van der Waals surface area contributed by atoms with Crippen LogP contribution in [-0.4, -0.2) is 17.0 Å². The van der Waals surface area contributed by atoms with Gasteiger partial charge in [0.05, 0.1) is 7.14 Å². The van der Waals surface area contributed by atoms with Crippen molar-refractivity contribution in [3.63, 3.8) is 0 Å². The molecule has 3 rings (SSSR count). The number of rotatable bonds is 3. The predicted molar refractivity (Wildman–Crippen MR) is 97.4 cm³/mol. The Kier molecular flexibility index (Phi) is 5.88. The quantitative estimate of drug-likeness (QED) is 0.408. The molecule has 0 spiro atoms. The second-order valence-electron chi connectivity index (χ2n) is 8.17. The average Bonchev–Trinajstić information content (AvgIpc) is 2.81. The molecular formula is C20H35OP. The average molecular weight is 322 g/mol. The van der Waals surface area contributed by atoms with Gasteiger partial charge in [0.1, 0.15) is 0 Å². The number of hydrogen-bond donors (Lipinski definition) is 0. The molecule has 0 aromatic heterocycles. The fourth-order valence-corrected chi connectivity index (χ4v) is 10.6. The van der Waals surface area contributed by atoms with Gasteiger partial charge in [0.2, 0.25) is 0 Å². The summed E-state index contributed by atoms with van der Waals surface area (Å²) in [5, 5.41) is 0. The molecule has 0 bridgehead atoms. The van der Waals surface area contributed by atoms with Crippen molar-refractivity contribution in [1.29, 1.82) is 0 Å². The van der Waals surface area contributed by atoms with Crippen LogP contribution in [0.2, 0.25) is 0 Å². The van der Waals surface area contributed by atoms with E-state index in [1.165, 1.54) is 89.9 Å². The molecule has 0 aliphatic heterocycles. The number of allylic oxidation sites excluding steroid dienone is 2. The van der Waals surface area contributed by atoms with Crippen LogP contribution in [0.5, 0.6) is 0 Å². The molecule has 1 nitrogen and oxygen atoms in total. The van der Waals surface area contributed by atoms with Crippen LogP contribution in [-0.2, 0) is 4.57 Å². The van der Waals surface area contributed by atoms with Crippen molar-refractivity contribution in [2.45, 2.75) is 114 Å². The van der Waals surface area contributed by atoms with E-state index >= 15 is 0 Å². The Balaban J connectivity index is 1.82. The van der Waals surface area contributed by atoms with Crippen molar-refractivity contribution in [2.24, 2.45) is 0 Å². The van der Waals surface area contributed by atoms with Crippen LogP contribution in [0.3, 0.4) is 0 Å². The molecule has 3 aliphatic carbocycles. The van der Waals surface area contributed by atoms with E-state index < -0.39 is 7.14 Å². The van der Waals surface area contributed by atoms with Crippen LogP contribution in [0.1, 0.15) is 96.8 Å². The lowest BCUT2D eigenvalue weighted by Crippen LogP contribution is -2.30. The zero-order valence-electron chi connectivity index (χ0n) is 14.6. The van der Waals surface area contributed by atoms with E-state index in [1.807, 2.05) is 0 Å². The highest BCUT2D eigenvalue weighted by Crippen LogP contribution is 2.67. The largest absolute Gasteiger partial charge is 0.323 e. The molecule has 1 unspecified atom stereocenters. The Bertz CT molecular complexity index is 405. The first-order chi connectivity index (χ1) is 10.7. The Morgan fingerprint density at radius 2 is 1.27 bits per heavy atom. The maximum absolute atomic E-state index is 14.5. The van der Waals surface area contributed by atoms with Crippen LogP contribution in [0.15, 0.2) is 11.6 Å². The lowest BCUT2D eigenvalue weighted by molar-refractivity contribution is 0.435. The molecule has 0 aromatic carbocycles. The summed E-state index contributed by atoms with van der Waals surface area (Å²) in [7, 11) is -2.03. The van der Waals surface area contributed by atoms with E-state index in [0.29, 0.717) is 17.0 Å². The van der Waals surface area contributed by atoms with Gasteiger partial charge in [0.15, 0.2) is 0 Å². The summed E-state index contributed by atoms with van der Waals surface area (Å²) in [4.78, 5) is 0. The lowest BCUT2D eigenvalue weighted by Gasteiger charge is -2.42. The van der Waals surface area contributed by atoms with Crippen molar-refractivity contribution >= 4 is 7.14 Å². The molecule has 0 N–H and O–H groups in total. The molecule has 3 aliphatic rings. The summed E-state index contributed by atoms with van der Waals surface area (Å²) >= 11 is 0. The van der Waals surface area contributed by atoms with Crippen LogP contribution < -0.4 is 0 Å². The molecule has 2 fully saturated rings. The van der Waals surface area contributed by atoms with Gasteiger partial charge in [-0.1, -0.05) is 50.2 Å². The molecule has 1 atom stereocenters. The van der Waals surface area contributed by atoms with Gasteiger partial charge in [0.25, 0.3) is 0 Å². The zero-order valence-corrected chi connectivity index (χ0v) is 15.5. The second kappa shape index (κ2) is 7.69. The van der Waals surface area contributed by atoms with Gasteiger partial charge >= 0.3 is 0 Å². The van der Waals surface area contributed by atoms with Crippen molar-refractivity contribution in [2.75, 3.05) is 0 Å². The summed E-state index contributed by atoms with van der Waals surface area (Å²) in [6.07, 6.45) is 20.4. The van der Waals surface area contributed by atoms with Crippen LogP contribution >= 0.6 is 7.14 Å². The normalized spacial score (nSPS) is 29.9. The molecule has 2 heteroatoms. The third kappa shape index (κ3) is 3.55. The second-order valence-corrected chi connectivity index (χ2v) is 11.9. The van der Waals surface area contributed by atoms with Crippen LogP contribution in [0.25, 0.3) is 0 Å². The predicted octanol–water partition coefficient (Wildman–Crippen LogP) is 6.90. The van der Waals surface area contributed by atoms with Gasteiger partial charge in [-0.25, -0.2) is 0 Å². The summed E-state index contributed by atoms with van der Waals surface area (Å²) in [5.74, 6) is 0. The maximum Gasteiger partial charge on any atom is 0.0965 e. The Hall–Kier alpha value is -0.0300. The molecule has 0 heterocycles. The van der Waals surface area contributed by atoms with Crippen molar-refractivity contribution in [3.8, 4) is 0 Å². The third-order valence-corrected chi connectivity index (χ3v) is 11.7. The summed E-state index contributed by atoms with van der Waals surface area (Å²) in [6.45, 7) is 2.27. The van der Waals surface area contributed by atoms with Crippen molar-refractivity contribution in [1.82, 2.24) is 0 Å². The number of hydrogen-bond acceptors (Lipinski definition) is 1. The molecule has 0 radical (unpaired) electrons. The van der Waals surface area contributed by atoms with E-state index in [0.717, 1.165) is 0 Å². The van der Waals surface area contributed by atoms with Crippen LogP contribution in [0.4, 0.5) is 0 Å². The first-order valence-corrected chi connectivity index (χ1v) is 11.9. The van der Waals surface area contributed by atoms with E-state index in [-0.39, 0.29) is 0 Å². The molecule has 126 valence electrons.